The second-order valence-corrected chi connectivity index (χ2v) is 4.93. The van der Waals surface area contributed by atoms with Crippen LogP contribution in [0.25, 0.3) is 0 Å². The zero-order valence-corrected chi connectivity index (χ0v) is 9.41. The number of carbonyl (C=O) groups excluding carboxylic acids is 1. The summed E-state index contributed by atoms with van der Waals surface area (Å²) in [5, 5.41) is 8.72. The Morgan fingerprint density at radius 2 is 2.13 bits per heavy atom. The summed E-state index contributed by atoms with van der Waals surface area (Å²) in [6.07, 6.45) is 1.96. The van der Waals surface area contributed by atoms with Gasteiger partial charge in [-0.25, -0.2) is 4.79 Å². The zero-order valence-electron chi connectivity index (χ0n) is 9.41. The number of ketones is 1. The predicted molar refractivity (Wildman–Crippen MR) is 56.8 cm³/mol. The lowest BCUT2D eigenvalue weighted by Gasteiger charge is -2.30. The van der Waals surface area contributed by atoms with Crippen molar-refractivity contribution in [1.82, 2.24) is 4.90 Å². The van der Waals surface area contributed by atoms with Crippen molar-refractivity contribution in [3.8, 4) is 0 Å². The van der Waals surface area contributed by atoms with Crippen molar-refractivity contribution in [1.29, 1.82) is 0 Å². The largest absolute Gasteiger partial charge is 0.465 e. The summed E-state index contributed by atoms with van der Waals surface area (Å²) in [5.74, 6) is 0.0973. The van der Waals surface area contributed by atoms with Gasteiger partial charge >= 0.3 is 6.09 Å². The van der Waals surface area contributed by atoms with Crippen molar-refractivity contribution >= 4 is 11.9 Å². The van der Waals surface area contributed by atoms with Gasteiger partial charge in [0.05, 0.1) is 0 Å². The van der Waals surface area contributed by atoms with E-state index in [0.29, 0.717) is 13.0 Å². The second-order valence-electron chi connectivity index (χ2n) is 4.93. The highest BCUT2D eigenvalue weighted by Gasteiger charge is 2.28. The fraction of sp³-hybridized carbons (Fsp3) is 0.636. The van der Waals surface area contributed by atoms with Crippen LogP contribution in [0.1, 0.15) is 26.7 Å². The number of likely N-dealkylation sites (N-methyl/N-ethyl adjacent to an activating group) is 1. The molecule has 4 heteroatoms. The van der Waals surface area contributed by atoms with Gasteiger partial charge in [-0.1, -0.05) is 13.8 Å². The van der Waals surface area contributed by atoms with E-state index in [2.05, 4.69) is 0 Å². The smallest absolute Gasteiger partial charge is 0.407 e. The fourth-order valence-corrected chi connectivity index (χ4v) is 1.95. The summed E-state index contributed by atoms with van der Waals surface area (Å²) >= 11 is 0. The molecular formula is C11H17NO3. The van der Waals surface area contributed by atoms with Gasteiger partial charge in [-0.05, 0) is 23.5 Å². The van der Waals surface area contributed by atoms with Gasteiger partial charge in [0.2, 0.25) is 0 Å². The molecule has 0 atom stereocenters. The van der Waals surface area contributed by atoms with E-state index in [9.17, 15) is 9.59 Å². The molecule has 0 aromatic rings. The average Bonchev–Trinajstić information content (AvgIpc) is 1.99. The molecule has 0 aromatic heterocycles. The molecule has 0 saturated carbocycles. The molecule has 0 saturated heterocycles. The van der Waals surface area contributed by atoms with E-state index in [1.807, 2.05) is 13.8 Å². The van der Waals surface area contributed by atoms with Gasteiger partial charge in [-0.15, -0.1) is 0 Å². The van der Waals surface area contributed by atoms with Crippen LogP contribution in [0.5, 0.6) is 0 Å². The van der Waals surface area contributed by atoms with Crippen molar-refractivity contribution in [2.24, 2.45) is 5.41 Å². The second kappa shape index (κ2) is 4.04. The molecule has 15 heavy (non-hydrogen) atoms. The Bertz CT molecular complexity index is 318. The highest BCUT2D eigenvalue weighted by molar-refractivity contribution is 5.92. The molecule has 4 nitrogen and oxygen atoms in total. The number of rotatable bonds is 2. The van der Waals surface area contributed by atoms with Gasteiger partial charge in [-0.3, -0.25) is 4.79 Å². The Morgan fingerprint density at radius 1 is 1.53 bits per heavy atom. The number of carboxylic acid groups (broad SMARTS) is 1. The van der Waals surface area contributed by atoms with E-state index in [1.165, 1.54) is 11.9 Å². The van der Waals surface area contributed by atoms with Crippen LogP contribution in [0.4, 0.5) is 4.79 Å². The van der Waals surface area contributed by atoms with Crippen LogP contribution in [-0.4, -0.2) is 35.5 Å². The first-order valence-electron chi connectivity index (χ1n) is 4.96. The topological polar surface area (TPSA) is 57.6 Å². The van der Waals surface area contributed by atoms with Crippen LogP contribution in [0.2, 0.25) is 0 Å². The first kappa shape index (κ1) is 11.8. The molecule has 1 N–H and O–H groups in total. The Morgan fingerprint density at radius 3 is 2.60 bits per heavy atom. The van der Waals surface area contributed by atoms with Crippen molar-refractivity contribution in [3.05, 3.63) is 11.6 Å². The third kappa shape index (κ3) is 3.38. The normalized spacial score (nSPS) is 19.7. The van der Waals surface area contributed by atoms with Crippen LogP contribution in [-0.2, 0) is 4.79 Å². The average molecular weight is 211 g/mol. The highest BCUT2D eigenvalue weighted by atomic mass is 16.4. The third-order valence-corrected chi connectivity index (χ3v) is 2.49. The Balaban J connectivity index is 2.70. The van der Waals surface area contributed by atoms with Crippen LogP contribution in [0.15, 0.2) is 11.6 Å². The SMILES string of the molecule is CN(CC1=CC(=O)CC(C)(C)C1)C(=O)O. The van der Waals surface area contributed by atoms with Gasteiger partial charge < -0.3 is 10.0 Å². The summed E-state index contributed by atoms with van der Waals surface area (Å²) in [6, 6.07) is 0. The Kier molecular flexibility index (Phi) is 3.17. The van der Waals surface area contributed by atoms with E-state index < -0.39 is 6.09 Å². The van der Waals surface area contributed by atoms with Crippen molar-refractivity contribution in [2.45, 2.75) is 26.7 Å². The lowest BCUT2D eigenvalue weighted by atomic mass is 9.77. The number of hydrogen-bond donors (Lipinski definition) is 1. The molecule has 1 aliphatic carbocycles. The molecule has 0 unspecified atom stereocenters. The molecule has 0 heterocycles. The van der Waals surface area contributed by atoms with Gasteiger partial charge in [0.1, 0.15) is 0 Å². The van der Waals surface area contributed by atoms with E-state index >= 15 is 0 Å². The minimum Gasteiger partial charge on any atom is -0.465 e. The lowest BCUT2D eigenvalue weighted by molar-refractivity contribution is -0.117. The zero-order chi connectivity index (χ0) is 11.6. The molecule has 0 aromatic carbocycles. The van der Waals surface area contributed by atoms with Crippen molar-refractivity contribution in [2.75, 3.05) is 13.6 Å². The van der Waals surface area contributed by atoms with Gasteiger partial charge in [0.25, 0.3) is 0 Å². The summed E-state index contributed by atoms with van der Waals surface area (Å²) in [4.78, 5) is 23.2. The summed E-state index contributed by atoms with van der Waals surface area (Å²) in [5.41, 5.74) is 0.863. The fourth-order valence-electron chi connectivity index (χ4n) is 1.95. The minimum absolute atomic E-state index is 0.0412. The summed E-state index contributed by atoms with van der Waals surface area (Å²) in [7, 11) is 1.51. The van der Waals surface area contributed by atoms with E-state index in [-0.39, 0.29) is 11.2 Å². The van der Waals surface area contributed by atoms with E-state index in [1.54, 1.807) is 6.08 Å². The minimum atomic E-state index is -0.966. The maximum absolute atomic E-state index is 11.4. The lowest BCUT2D eigenvalue weighted by Crippen LogP contribution is -2.31. The monoisotopic (exact) mass is 211 g/mol. The van der Waals surface area contributed by atoms with Gasteiger partial charge in [-0.2, -0.15) is 0 Å². The van der Waals surface area contributed by atoms with Gasteiger partial charge in [0, 0.05) is 20.0 Å². The van der Waals surface area contributed by atoms with Crippen LogP contribution >= 0.6 is 0 Å². The number of amides is 1. The highest BCUT2D eigenvalue weighted by Crippen LogP contribution is 2.33. The first-order valence-corrected chi connectivity index (χ1v) is 4.96. The third-order valence-electron chi connectivity index (χ3n) is 2.49. The Hall–Kier alpha value is -1.32. The molecule has 1 aliphatic rings. The number of nitrogens with zero attached hydrogens (tertiary/aromatic N) is 1. The Labute approximate surface area is 89.6 Å². The predicted octanol–water partition coefficient (Wildman–Crippen LogP) is 1.91. The van der Waals surface area contributed by atoms with Crippen LogP contribution in [0, 0.1) is 5.41 Å². The molecule has 0 aliphatic heterocycles. The molecule has 84 valence electrons. The van der Waals surface area contributed by atoms with E-state index in [0.717, 1.165) is 12.0 Å². The van der Waals surface area contributed by atoms with Gasteiger partial charge in [0.15, 0.2) is 5.78 Å². The van der Waals surface area contributed by atoms with E-state index in [4.69, 9.17) is 5.11 Å². The van der Waals surface area contributed by atoms with Crippen molar-refractivity contribution in [3.63, 3.8) is 0 Å². The molecule has 1 amide bonds. The quantitative estimate of drug-likeness (QED) is 0.759. The van der Waals surface area contributed by atoms with Crippen molar-refractivity contribution < 1.29 is 14.7 Å². The molecule has 0 radical (unpaired) electrons. The van der Waals surface area contributed by atoms with Crippen LogP contribution in [0.3, 0.4) is 0 Å². The molecule has 1 rings (SSSR count). The maximum Gasteiger partial charge on any atom is 0.407 e. The first-order chi connectivity index (χ1) is 6.80. The number of hydrogen-bond acceptors (Lipinski definition) is 2. The molecular weight excluding hydrogens is 194 g/mol. The maximum atomic E-state index is 11.4. The van der Waals surface area contributed by atoms with Crippen LogP contribution < -0.4 is 0 Å². The molecule has 0 spiro atoms. The standard InChI is InChI=1S/C11H17NO3/c1-11(2)5-8(4-9(13)6-11)7-12(3)10(14)15/h4H,5-7H2,1-3H3,(H,14,15). The summed E-state index contributed by atoms with van der Waals surface area (Å²) < 4.78 is 0. The summed E-state index contributed by atoms with van der Waals surface area (Å²) in [6.45, 7) is 4.38. The molecule has 0 fully saturated rings. The number of carbonyl (C=O) groups is 2. The molecule has 0 bridgehead atoms. The number of allylic oxidation sites excluding steroid dienone is 1.